The third kappa shape index (κ3) is 5.49. The van der Waals surface area contributed by atoms with Gasteiger partial charge in [0.15, 0.2) is 5.13 Å². The fraction of sp³-hybridized carbons (Fsp3) is 0.440. The lowest BCUT2D eigenvalue weighted by molar-refractivity contribution is -0.908. The second-order valence-electron chi connectivity index (χ2n) is 8.00. The molecule has 0 unspecified atom stereocenters. The number of thioether (sulfide) groups is 1. The van der Waals surface area contributed by atoms with Gasteiger partial charge in [0.1, 0.15) is 34.8 Å². The number of quaternary nitrogens is 1. The number of methoxy groups -OCH3 is 2. The molecule has 9 heteroatoms. The van der Waals surface area contributed by atoms with Crippen molar-refractivity contribution in [3.63, 3.8) is 0 Å². The molecule has 1 fully saturated rings. The summed E-state index contributed by atoms with van der Waals surface area (Å²) in [5, 5.41) is 0.663. The minimum absolute atomic E-state index is 0.0227. The SMILES string of the molecule is CCSc1ccccc1C(=O)N(CCC[NH+]1CCOCC1)c1nc2c(OC)ccc(OC)c2s1. The van der Waals surface area contributed by atoms with Crippen molar-refractivity contribution in [3.8, 4) is 11.5 Å². The monoisotopic (exact) mass is 502 g/mol. The van der Waals surface area contributed by atoms with E-state index in [9.17, 15) is 4.79 Å². The van der Waals surface area contributed by atoms with Crippen molar-refractivity contribution in [1.29, 1.82) is 0 Å². The smallest absolute Gasteiger partial charge is 0.261 e. The molecule has 0 spiro atoms. The summed E-state index contributed by atoms with van der Waals surface area (Å²) in [7, 11) is 3.28. The largest absolute Gasteiger partial charge is 0.495 e. The van der Waals surface area contributed by atoms with E-state index < -0.39 is 0 Å². The van der Waals surface area contributed by atoms with Gasteiger partial charge < -0.3 is 19.1 Å². The van der Waals surface area contributed by atoms with Crippen LogP contribution in [-0.2, 0) is 4.74 Å². The predicted molar refractivity (Wildman–Crippen MR) is 138 cm³/mol. The molecule has 1 amide bonds. The minimum Gasteiger partial charge on any atom is -0.495 e. The van der Waals surface area contributed by atoms with Crippen molar-refractivity contribution >= 4 is 44.4 Å². The molecule has 7 nitrogen and oxygen atoms in total. The number of aromatic nitrogens is 1. The van der Waals surface area contributed by atoms with Gasteiger partial charge in [-0.3, -0.25) is 9.69 Å². The van der Waals surface area contributed by atoms with Gasteiger partial charge in [-0.05, 0) is 30.0 Å². The van der Waals surface area contributed by atoms with Crippen molar-refractivity contribution < 1.29 is 23.9 Å². The number of hydrogen-bond donors (Lipinski definition) is 1. The van der Waals surface area contributed by atoms with Crippen LogP contribution in [0, 0.1) is 0 Å². The molecule has 1 aliphatic heterocycles. The second kappa shape index (κ2) is 11.9. The first-order valence-corrected chi connectivity index (χ1v) is 13.4. The average molecular weight is 503 g/mol. The molecule has 0 bridgehead atoms. The Hall–Kier alpha value is -2.33. The van der Waals surface area contributed by atoms with E-state index in [1.165, 1.54) is 16.2 Å². The van der Waals surface area contributed by atoms with Crippen LogP contribution in [0.4, 0.5) is 5.13 Å². The number of amides is 1. The first kappa shape index (κ1) is 24.8. The Morgan fingerprint density at radius 3 is 2.62 bits per heavy atom. The summed E-state index contributed by atoms with van der Waals surface area (Å²) in [4.78, 5) is 23.1. The van der Waals surface area contributed by atoms with Crippen molar-refractivity contribution in [3.05, 3.63) is 42.0 Å². The molecule has 2 aromatic carbocycles. The average Bonchev–Trinajstić information content (AvgIpc) is 3.32. The molecule has 0 saturated carbocycles. The molecule has 3 aromatic rings. The molecule has 182 valence electrons. The lowest BCUT2D eigenvalue weighted by atomic mass is 10.2. The number of carbonyl (C=O) groups excluding carboxylic acids is 1. The molecule has 0 radical (unpaired) electrons. The summed E-state index contributed by atoms with van der Waals surface area (Å²) < 4.78 is 17.5. The third-order valence-corrected chi connectivity index (χ3v) is 7.95. The van der Waals surface area contributed by atoms with Crippen LogP contribution in [0.5, 0.6) is 11.5 Å². The van der Waals surface area contributed by atoms with Crippen LogP contribution < -0.4 is 19.3 Å². The van der Waals surface area contributed by atoms with Gasteiger partial charge in [-0.2, -0.15) is 0 Å². The Bertz CT molecular complexity index is 1070. The van der Waals surface area contributed by atoms with E-state index in [1.807, 2.05) is 41.3 Å². The van der Waals surface area contributed by atoms with E-state index in [0.717, 1.165) is 65.9 Å². The lowest BCUT2D eigenvalue weighted by Crippen LogP contribution is -3.14. The number of anilines is 1. The maximum Gasteiger partial charge on any atom is 0.261 e. The number of rotatable bonds is 10. The third-order valence-electron chi connectivity index (χ3n) is 5.90. The lowest BCUT2D eigenvalue weighted by Gasteiger charge is -2.25. The number of ether oxygens (including phenoxy) is 3. The quantitative estimate of drug-likeness (QED) is 0.429. The predicted octanol–water partition coefficient (Wildman–Crippen LogP) is 3.38. The van der Waals surface area contributed by atoms with E-state index in [4.69, 9.17) is 19.2 Å². The molecule has 0 atom stereocenters. The van der Waals surface area contributed by atoms with E-state index in [0.29, 0.717) is 23.0 Å². The van der Waals surface area contributed by atoms with Gasteiger partial charge in [-0.1, -0.05) is 30.4 Å². The van der Waals surface area contributed by atoms with Gasteiger partial charge >= 0.3 is 0 Å². The topological polar surface area (TPSA) is 65.3 Å². The molecular weight excluding hydrogens is 470 g/mol. The van der Waals surface area contributed by atoms with Crippen LogP contribution in [0.25, 0.3) is 10.2 Å². The van der Waals surface area contributed by atoms with Crippen LogP contribution in [-0.4, -0.2) is 70.3 Å². The van der Waals surface area contributed by atoms with Gasteiger partial charge in [-0.25, -0.2) is 4.98 Å². The molecule has 4 rings (SSSR count). The van der Waals surface area contributed by atoms with E-state index in [2.05, 4.69) is 6.92 Å². The second-order valence-corrected chi connectivity index (χ2v) is 10.3. The fourth-order valence-electron chi connectivity index (χ4n) is 4.14. The molecule has 34 heavy (non-hydrogen) atoms. The van der Waals surface area contributed by atoms with Crippen LogP contribution in [0.1, 0.15) is 23.7 Å². The summed E-state index contributed by atoms with van der Waals surface area (Å²) in [5.74, 6) is 2.28. The van der Waals surface area contributed by atoms with Crippen LogP contribution >= 0.6 is 23.1 Å². The molecular formula is C25H32N3O4S2+. The number of nitrogens with one attached hydrogen (secondary N) is 1. The van der Waals surface area contributed by atoms with Gasteiger partial charge in [0.25, 0.3) is 5.91 Å². The zero-order valence-electron chi connectivity index (χ0n) is 20.0. The molecule has 1 N–H and O–H groups in total. The highest BCUT2D eigenvalue weighted by atomic mass is 32.2. The first-order chi connectivity index (χ1) is 16.7. The summed E-state index contributed by atoms with van der Waals surface area (Å²) in [6.45, 7) is 7.32. The van der Waals surface area contributed by atoms with Crippen molar-refractivity contribution in [2.24, 2.45) is 0 Å². The Balaban J connectivity index is 1.68. The van der Waals surface area contributed by atoms with Gasteiger partial charge in [0.2, 0.25) is 0 Å². The van der Waals surface area contributed by atoms with E-state index in [-0.39, 0.29) is 5.91 Å². The van der Waals surface area contributed by atoms with Gasteiger partial charge in [0, 0.05) is 17.9 Å². The summed E-state index contributed by atoms with van der Waals surface area (Å²) in [5.41, 5.74) is 1.43. The molecule has 0 aliphatic carbocycles. The van der Waals surface area contributed by atoms with Crippen molar-refractivity contribution in [2.75, 3.05) is 64.3 Å². The van der Waals surface area contributed by atoms with Crippen LogP contribution in [0.15, 0.2) is 41.3 Å². The number of nitrogens with zero attached hydrogens (tertiary/aromatic N) is 2. The number of fused-ring (bicyclic) bond motifs is 1. The Morgan fingerprint density at radius 2 is 1.88 bits per heavy atom. The summed E-state index contributed by atoms with van der Waals surface area (Å²) >= 11 is 3.15. The van der Waals surface area contributed by atoms with Crippen molar-refractivity contribution in [1.82, 2.24) is 4.98 Å². The summed E-state index contributed by atoms with van der Waals surface area (Å²) in [6.07, 6.45) is 0.883. The number of morpholine rings is 1. The Kier molecular flexibility index (Phi) is 8.66. The van der Waals surface area contributed by atoms with Crippen molar-refractivity contribution in [2.45, 2.75) is 18.2 Å². The van der Waals surface area contributed by atoms with Crippen LogP contribution in [0.2, 0.25) is 0 Å². The zero-order chi connectivity index (χ0) is 23.9. The number of benzene rings is 2. The van der Waals surface area contributed by atoms with Gasteiger partial charge in [0.05, 0.1) is 39.5 Å². The summed E-state index contributed by atoms with van der Waals surface area (Å²) in [6, 6.07) is 11.6. The highest BCUT2D eigenvalue weighted by Crippen LogP contribution is 2.40. The molecule has 2 heterocycles. The number of carbonyl (C=O) groups is 1. The standard InChI is InChI=1S/C25H31N3O4S2/c1-4-33-21-9-6-5-8-18(21)24(29)28(13-7-12-27-14-16-32-17-15-27)25-26-22-19(30-2)10-11-20(31-3)23(22)34-25/h5-6,8-11H,4,7,12-17H2,1-3H3/p+1. The Labute approximate surface area is 209 Å². The normalized spacial score (nSPS) is 14.3. The molecule has 1 saturated heterocycles. The zero-order valence-corrected chi connectivity index (χ0v) is 21.6. The molecule has 1 aliphatic rings. The van der Waals surface area contributed by atoms with E-state index >= 15 is 0 Å². The van der Waals surface area contributed by atoms with E-state index in [1.54, 1.807) is 26.0 Å². The maximum atomic E-state index is 13.9. The fourth-order valence-corrected chi connectivity index (χ4v) is 6.04. The maximum absolute atomic E-state index is 13.9. The Morgan fingerprint density at radius 1 is 1.15 bits per heavy atom. The van der Waals surface area contributed by atoms with Gasteiger partial charge in [-0.15, -0.1) is 11.8 Å². The highest BCUT2D eigenvalue weighted by molar-refractivity contribution is 7.99. The number of thiazole rings is 1. The number of hydrogen-bond acceptors (Lipinski definition) is 7. The first-order valence-electron chi connectivity index (χ1n) is 11.6. The minimum atomic E-state index is -0.0227. The van der Waals surface area contributed by atoms with Crippen LogP contribution in [0.3, 0.4) is 0 Å². The molecule has 1 aromatic heterocycles. The highest BCUT2D eigenvalue weighted by Gasteiger charge is 2.26.